The molecule has 0 saturated carbocycles. The molecule has 0 aliphatic carbocycles. The van der Waals surface area contributed by atoms with E-state index < -0.39 is 28.3 Å². The summed E-state index contributed by atoms with van der Waals surface area (Å²) >= 11 is 11.9. The summed E-state index contributed by atoms with van der Waals surface area (Å²) in [4.78, 5) is 11.8. The molecule has 2 aromatic rings. The number of alkyl halides is 3. The summed E-state index contributed by atoms with van der Waals surface area (Å²) in [5.74, 6) is -0.500. The summed E-state index contributed by atoms with van der Waals surface area (Å²) in [6.07, 6.45) is -4.64. The first-order valence-electron chi connectivity index (χ1n) is 6.83. The van der Waals surface area contributed by atoms with Gasteiger partial charge in [0, 0.05) is 12.7 Å². The summed E-state index contributed by atoms with van der Waals surface area (Å²) in [6, 6.07) is 1.35. The van der Waals surface area contributed by atoms with Gasteiger partial charge in [0.25, 0.3) is 0 Å². The number of nitrogens with two attached hydrogens (primary N) is 1. The second kappa shape index (κ2) is 6.97. The largest absolute Gasteiger partial charge is 0.416 e. The third-order valence-electron chi connectivity index (χ3n) is 3.26. The highest BCUT2D eigenvalue weighted by molar-refractivity contribution is 7.85. The number of anilines is 1. The van der Waals surface area contributed by atoms with Gasteiger partial charge in [0.1, 0.15) is 22.1 Å². The third kappa shape index (κ3) is 3.68. The first-order valence-corrected chi connectivity index (χ1v) is 8.90. The zero-order valence-electron chi connectivity index (χ0n) is 12.9. The lowest BCUT2D eigenvalue weighted by molar-refractivity contribution is -0.137. The van der Waals surface area contributed by atoms with E-state index >= 15 is 0 Å². The lowest BCUT2D eigenvalue weighted by atomic mass is 10.2. The molecule has 1 heterocycles. The smallest absolute Gasteiger partial charge is 0.383 e. The predicted octanol–water partition coefficient (Wildman–Crippen LogP) is 4.11. The lowest BCUT2D eigenvalue weighted by Crippen LogP contribution is -2.09. The van der Waals surface area contributed by atoms with Crippen LogP contribution < -0.4 is 5.73 Å². The van der Waals surface area contributed by atoms with Crippen LogP contribution in [0.3, 0.4) is 0 Å². The molecule has 11 heteroatoms. The van der Waals surface area contributed by atoms with Crippen molar-refractivity contribution < 1.29 is 22.2 Å². The van der Waals surface area contributed by atoms with E-state index in [1.54, 1.807) is 6.92 Å². The fourth-order valence-corrected chi connectivity index (χ4v) is 3.77. The number of hydrogen-bond donors (Lipinski definition) is 1. The molecule has 0 aliphatic heterocycles. The minimum Gasteiger partial charge on any atom is -0.383 e. The van der Waals surface area contributed by atoms with E-state index in [1.165, 1.54) is 6.92 Å². The number of Topliss-reactive ketones (excluding diaryl/α,β-unsaturated/α-hetero) is 1. The van der Waals surface area contributed by atoms with Crippen molar-refractivity contribution in [2.75, 3.05) is 11.5 Å². The Morgan fingerprint density at radius 3 is 2.24 bits per heavy atom. The monoisotopic (exact) mass is 413 g/mol. The van der Waals surface area contributed by atoms with Crippen LogP contribution in [0.4, 0.5) is 19.0 Å². The topological polar surface area (TPSA) is 78.0 Å². The van der Waals surface area contributed by atoms with E-state index in [9.17, 15) is 22.2 Å². The molecule has 0 fully saturated rings. The average Bonchev–Trinajstić information content (AvgIpc) is 2.83. The van der Waals surface area contributed by atoms with E-state index in [0.717, 1.165) is 4.68 Å². The number of halogens is 5. The molecular weight excluding hydrogens is 402 g/mol. The Labute approximate surface area is 153 Å². The summed E-state index contributed by atoms with van der Waals surface area (Å²) < 4.78 is 51.6. The van der Waals surface area contributed by atoms with Gasteiger partial charge in [-0.3, -0.25) is 9.00 Å². The molecule has 1 aromatic carbocycles. The first-order chi connectivity index (χ1) is 11.5. The van der Waals surface area contributed by atoms with Crippen LogP contribution >= 0.6 is 23.2 Å². The van der Waals surface area contributed by atoms with Gasteiger partial charge >= 0.3 is 6.18 Å². The molecule has 25 heavy (non-hydrogen) atoms. The maximum atomic E-state index is 12.8. The van der Waals surface area contributed by atoms with Crippen LogP contribution in [0.5, 0.6) is 0 Å². The molecule has 0 spiro atoms. The molecule has 0 radical (unpaired) electrons. The number of nitrogen functional groups attached to an aromatic ring is 1. The molecule has 1 atom stereocenters. The molecule has 2 N–H and O–H groups in total. The fraction of sp³-hybridized carbons (Fsp3) is 0.286. The van der Waals surface area contributed by atoms with Gasteiger partial charge in [0.05, 0.1) is 26.4 Å². The van der Waals surface area contributed by atoms with Crippen molar-refractivity contribution in [3.05, 3.63) is 33.4 Å². The third-order valence-corrected chi connectivity index (χ3v) is 5.21. The molecule has 136 valence electrons. The summed E-state index contributed by atoms with van der Waals surface area (Å²) in [5.41, 5.74) is 4.61. The Balaban J connectivity index is 2.76. The van der Waals surface area contributed by atoms with Crippen molar-refractivity contribution in [3.63, 3.8) is 0 Å². The molecule has 0 amide bonds. The number of rotatable bonds is 4. The van der Waals surface area contributed by atoms with E-state index in [1.807, 2.05) is 0 Å². The van der Waals surface area contributed by atoms with Crippen molar-refractivity contribution >= 4 is 45.6 Å². The fourth-order valence-electron chi connectivity index (χ4n) is 2.12. The van der Waals surface area contributed by atoms with Crippen LogP contribution in [0, 0.1) is 0 Å². The number of carbonyl (C=O) groups excluding carboxylic acids is 1. The van der Waals surface area contributed by atoms with Crippen LogP contribution in [-0.4, -0.2) is 25.5 Å². The summed E-state index contributed by atoms with van der Waals surface area (Å²) in [6.45, 7) is 2.83. The van der Waals surface area contributed by atoms with E-state index in [0.29, 0.717) is 12.1 Å². The van der Waals surface area contributed by atoms with Crippen molar-refractivity contribution in [3.8, 4) is 5.69 Å². The number of nitrogens with zero attached hydrogens (tertiary/aromatic N) is 2. The normalized spacial score (nSPS) is 13.1. The second-order valence-electron chi connectivity index (χ2n) is 4.95. The quantitative estimate of drug-likeness (QED) is 0.764. The van der Waals surface area contributed by atoms with Crippen molar-refractivity contribution in [1.82, 2.24) is 9.78 Å². The summed E-state index contributed by atoms with van der Waals surface area (Å²) in [7, 11) is -1.61. The second-order valence-corrected chi connectivity index (χ2v) is 7.44. The van der Waals surface area contributed by atoms with E-state index in [4.69, 9.17) is 28.9 Å². The molecule has 1 unspecified atom stereocenters. The van der Waals surface area contributed by atoms with Gasteiger partial charge in [-0.2, -0.15) is 18.3 Å². The number of benzene rings is 1. The average molecular weight is 414 g/mol. The predicted molar refractivity (Wildman–Crippen MR) is 90.0 cm³/mol. The highest BCUT2D eigenvalue weighted by Gasteiger charge is 2.33. The van der Waals surface area contributed by atoms with Crippen molar-refractivity contribution in [1.29, 1.82) is 0 Å². The van der Waals surface area contributed by atoms with Crippen molar-refractivity contribution in [2.45, 2.75) is 24.9 Å². The van der Waals surface area contributed by atoms with E-state index in [-0.39, 0.29) is 37.9 Å². The van der Waals surface area contributed by atoms with Gasteiger partial charge in [-0.1, -0.05) is 30.1 Å². The maximum absolute atomic E-state index is 12.8. The maximum Gasteiger partial charge on any atom is 0.416 e. The Hall–Kier alpha value is -1.58. The van der Waals surface area contributed by atoms with Gasteiger partial charge in [-0.05, 0) is 12.1 Å². The number of hydrogen-bond acceptors (Lipinski definition) is 4. The molecule has 0 bridgehead atoms. The zero-order valence-corrected chi connectivity index (χ0v) is 15.3. The van der Waals surface area contributed by atoms with E-state index in [2.05, 4.69) is 5.10 Å². The Morgan fingerprint density at radius 1 is 1.32 bits per heavy atom. The van der Waals surface area contributed by atoms with Crippen LogP contribution in [0.25, 0.3) is 5.69 Å². The standard InChI is InChI=1S/C14H12Cl2F3N3O2S/c1-3-25(24)12-10(6(2)23)21-22(13(12)20)11-8(15)4-7(5-9(11)16)14(17,18)19/h4-5H,3,20H2,1-2H3. The number of carbonyl (C=O) groups is 1. The number of aromatic nitrogens is 2. The molecule has 5 nitrogen and oxygen atoms in total. The first kappa shape index (κ1) is 19.7. The van der Waals surface area contributed by atoms with Crippen LogP contribution in [0.2, 0.25) is 10.0 Å². The van der Waals surface area contributed by atoms with Crippen LogP contribution in [0.15, 0.2) is 17.0 Å². The minimum atomic E-state index is -4.64. The van der Waals surface area contributed by atoms with Crippen LogP contribution in [0.1, 0.15) is 29.9 Å². The van der Waals surface area contributed by atoms with Gasteiger partial charge in [-0.25, -0.2) is 4.68 Å². The van der Waals surface area contributed by atoms with Gasteiger partial charge in [0.15, 0.2) is 5.78 Å². The molecular formula is C14H12Cl2F3N3O2S. The highest BCUT2D eigenvalue weighted by Crippen LogP contribution is 2.39. The molecule has 0 saturated heterocycles. The zero-order chi connectivity index (χ0) is 19.1. The SMILES string of the molecule is CCS(=O)c1c(C(C)=O)nn(-c2c(Cl)cc(C(F)(F)F)cc2Cl)c1N. The van der Waals surface area contributed by atoms with Gasteiger partial charge in [-0.15, -0.1) is 0 Å². The van der Waals surface area contributed by atoms with Crippen molar-refractivity contribution in [2.24, 2.45) is 0 Å². The minimum absolute atomic E-state index is 0.00188. The molecule has 2 rings (SSSR count). The Kier molecular flexibility index (Phi) is 5.50. The Morgan fingerprint density at radius 2 is 1.84 bits per heavy atom. The lowest BCUT2D eigenvalue weighted by Gasteiger charge is -2.13. The summed E-state index contributed by atoms with van der Waals surface area (Å²) in [5, 5.41) is 3.23. The number of ketones is 1. The Bertz CT molecular complexity index is 858. The highest BCUT2D eigenvalue weighted by atomic mass is 35.5. The molecule has 1 aromatic heterocycles. The van der Waals surface area contributed by atoms with Gasteiger partial charge in [0.2, 0.25) is 0 Å². The van der Waals surface area contributed by atoms with Crippen LogP contribution in [-0.2, 0) is 17.0 Å². The molecule has 0 aliphatic rings. The van der Waals surface area contributed by atoms with Gasteiger partial charge < -0.3 is 5.73 Å².